The first kappa shape index (κ1) is 15.5. The van der Waals surface area contributed by atoms with Gasteiger partial charge in [-0.2, -0.15) is 5.06 Å². The summed E-state index contributed by atoms with van der Waals surface area (Å²) in [6.07, 6.45) is 3.38. The van der Waals surface area contributed by atoms with Crippen molar-refractivity contribution in [2.45, 2.75) is 43.9 Å². The number of carbonyl (C=O) groups is 2. The molecule has 128 valence electrons. The van der Waals surface area contributed by atoms with Crippen LogP contribution in [0, 0.1) is 11.8 Å². The van der Waals surface area contributed by atoms with E-state index in [-0.39, 0.29) is 24.1 Å². The number of fused-ring (bicyclic) bond motifs is 3. The summed E-state index contributed by atoms with van der Waals surface area (Å²) in [5.74, 6) is 1.08. The molecule has 0 aromatic carbocycles. The van der Waals surface area contributed by atoms with Gasteiger partial charge >= 0.3 is 6.03 Å². The first-order valence-corrected chi connectivity index (χ1v) is 8.61. The van der Waals surface area contributed by atoms with Crippen molar-refractivity contribution in [1.82, 2.24) is 20.8 Å². The number of hydroxylamine groups is 3. The predicted octanol–water partition coefficient (Wildman–Crippen LogP) is 0.0772. The standard InChI is InChI=1S/C14H22N4O4S/c19-13(16-21-11-3-8-5-15-6-9(8)4-11)12-2-1-10-7-17(12)14(20)18(10)22-23/h8-12,15,23H,1-7H2,(H,16,19)/t8?,9?,10-,11?,12+/m1/s1. The van der Waals surface area contributed by atoms with Crippen LogP contribution in [0.3, 0.4) is 0 Å². The van der Waals surface area contributed by atoms with Gasteiger partial charge in [0.25, 0.3) is 5.91 Å². The van der Waals surface area contributed by atoms with E-state index in [1.54, 1.807) is 0 Å². The second-order valence-electron chi connectivity index (χ2n) is 6.95. The monoisotopic (exact) mass is 342 g/mol. The molecule has 1 aliphatic carbocycles. The Kier molecular flexibility index (Phi) is 4.12. The van der Waals surface area contributed by atoms with Crippen LogP contribution in [0.1, 0.15) is 25.7 Å². The largest absolute Gasteiger partial charge is 0.345 e. The topological polar surface area (TPSA) is 83.1 Å². The van der Waals surface area contributed by atoms with Crippen molar-refractivity contribution < 1.29 is 18.7 Å². The highest BCUT2D eigenvalue weighted by molar-refractivity contribution is 7.75. The van der Waals surface area contributed by atoms with E-state index < -0.39 is 6.04 Å². The van der Waals surface area contributed by atoms with Gasteiger partial charge in [0.1, 0.15) is 6.04 Å². The van der Waals surface area contributed by atoms with Crippen LogP contribution in [0.25, 0.3) is 0 Å². The van der Waals surface area contributed by atoms with Crippen molar-refractivity contribution in [2.24, 2.45) is 11.8 Å². The normalized spacial score (nSPS) is 39.0. The van der Waals surface area contributed by atoms with Crippen molar-refractivity contribution in [2.75, 3.05) is 19.6 Å². The van der Waals surface area contributed by atoms with Crippen molar-refractivity contribution in [3.63, 3.8) is 0 Å². The smallest absolute Gasteiger partial charge is 0.316 e. The zero-order chi connectivity index (χ0) is 16.0. The third-order valence-corrected chi connectivity index (χ3v) is 5.83. The Morgan fingerprint density at radius 3 is 2.70 bits per heavy atom. The summed E-state index contributed by atoms with van der Waals surface area (Å²) < 4.78 is 4.82. The Bertz CT molecular complexity index is 495. The molecule has 0 radical (unpaired) electrons. The Morgan fingerprint density at radius 2 is 2.00 bits per heavy atom. The van der Waals surface area contributed by atoms with Crippen LogP contribution in [0.15, 0.2) is 0 Å². The molecule has 4 rings (SSSR count). The Morgan fingerprint density at radius 1 is 1.26 bits per heavy atom. The number of rotatable bonds is 4. The molecule has 2 N–H and O–H groups in total. The lowest BCUT2D eigenvalue weighted by molar-refractivity contribution is -0.143. The molecule has 23 heavy (non-hydrogen) atoms. The number of hydrogen-bond acceptors (Lipinski definition) is 6. The lowest BCUT2D eigenvalue weighted by Crippen LogP contribution is -2.50. The molecule has 1 saturated carbocycles. The minimum absolute atomic E-state index is 0.0216. The third-order valence-electron chi connectivity index (χ3n) is 5.65. The van der Waals surface area contributed by atoms with E-state index in [4.69, 9.17) is 9.12 Å². The number of hydrogen-bond donors (Lipinski definition) is 3. The van der Waals surface area contributed by atoms with E-state index in [2.05, 4.69) is 23.7 Å². The zero-order valence-corrected chi connectivity index (χ0v) is 13.7. The van der Waals surface area contributed by atoms with Gasteiger partial charge in [-0.3, -0.25) is 9.63 Å². The maximum absolute atomic E-state index is 12.4. The SMILES string of the molecule is O=C(NOC1CC2CNCC2C1)[C@@H]1CC[C@@H]2CN1C(=O)N2OS. The molecule has 3 amide bonds. The van der Waals surface area contributed by atoms with Crippen molar-refractivity contribution in [1.29, 1.82) is 0 Å². The second-order valence-corrected chi connectivity index (χ2v) is 7.11. The fourth-order valence-corrected chi connectivity index (χ4v) is 4.63. The minimum atomic E-state index is -0.491. The molecule has 3 saturated heterocycles. The van der Waals surface area contributed by atoms with Crippen LogP contribution < -0.4 is 10.8 Å². The molecule has 4 atom stereocenters. The minimum Gasteiger partial charge on any atom is -0.316 e. The highest BCUT2D eigenvalue weighted by Gasteiger charge is 2.48. The maximum Gasteiger partial charge on any atom is 0.345 e. The van der Waals surface area contributed by atoms with Gasteiger partial charge in [0, 0.05) is 19.5 Å². The molecule has 0 aromatic rings. The summed E-state index contributed by atoms with van der Waals surface area (Å²) in [5.41, 5.74) is 2.59. The summed E-state index contributed by atoms with van der Waals surface area (Å²) in [6.45, 7) is 2.59. The number of amides is 3. The zero-order valence-electron chi connectivity index (χ0n) is 12.8. The quantitative estimate of drug-likeness (QED) is 0.383. The number of piperidine rings is 1. The molecular formula is C14H22N4O4S. The van der Waals surface area contributed by atoms with E-state index in [0.717, 1.165) is 32.4 Å². The van der Waals surface area contributed by atoms with Crippen molar-refractivity contribution >= 4 is 24.8 Å². The molecule has 3 heterocycles. The van der Waals surface area contributed by atoms with Crippen molar-refractivity contribution in [3.8, 4) is 0 Å². The summed E-state index contributed by atoms with van der Waals surface area (Å²) >= 11 is 3.72. The van der Waals surface area contributed by atoms with Gasteiger partial charge in [0.15, 0.2) is 0 Å². The van der Waals surface area contributed by atoms with E-state index in [1.165, 1.54) is 9.96 Å². The molecule has 4 aliphatic rings. The molecule has 4 fully saturated rings. The molecular weight excluding hydrogens is 320 g/mol. The number of thiol groups is 1. The van der Waals surface area contributed by atoms with Crippen LogP contribution >= 0.6 is 12.9 Å². The fraction of sp³-hybridized carbons (Fsp3) is 0.857. The van der Waals surface area contributed by atoms with Crippen molar-refractivity contribution in [3.05, 3.63) is 0 Å². The highest BCUT2D eigenvalue weighted by Crippen LogP contribution is 2.36. The first-order chi connectivity index (χ1) is 11.2. The van der Waals surface area contributed by atoms with Gasteiger partial charge in [0.2, 0.25) is 0 Å². The number of nitrogens with zero attached hydrogens (tertiary/aromatic N) is 2. The summed E-state index contributed by atoms with van der Waals surface area (Å²) in [7, 11) is 0. The fourth-order valence-electron chi connectivity index (χ4n) is 4.43. The molecule has 8 nitrogen and oxygen atoms in total. The molecule has 2 unspecified atom stereocenters. The average Bonchev–Trinajstić information content (AvgIpc) is 3.19. The average molecular weight is 342 g/mol. The van der Waals surface area contributed by atoms with E-state index >= 15 is 0 Å². The molecule has 2 bridgehead atoms. The van der Waals surface area contributed by atoms with Crippen LogP contribution in [0.2, 0.25) is 0 Å². The van der Waals surface area contributed by atoms with E-state index in [9.17, 15) is 9.59 Å². The molecule has 9 heteroatoms. The second kappa shape index (κ2) is 6.12. The summed E-state index contributed by atoms with van der Waals surface area (Å²) in [4.78, 5) is 31.7. The number of urea groups is 1. The van der Waals surface area contributed by atoms with Gasteiger partial charge in [-0.05, 0) is 50.6 Å². The molecule has 0 aromatic heterocycles. The van der Waals surface area contributed by atoms with Gasteiger partial charge in [-0.1, -0.05) is 0 Å². The number of nitrogens with one attached hydrogen (secondary N) is 2. The van der Waals surface area contributed by atoms with Gasteiger partial charge < -0.3 is 10.2 Å². The number of carbonyl (C=O) groups excluding carboxylic acids is 2. The molecule has 0 spiro atoms. The van der Waals surface area contributed by atoms with Crippen LogP contribution in [0.5, 0.6) is 0 Å². The van der Waals surface area contributed by atoms with E-state index in [1.807, 2.05) is 0 Å². The Labute approximate surface area is 140 Å². The Hall–Kier alpha value is -1.03. The summed E-state index contributed by atoms with van der Waals surface area (Å²) in [5, 5.41) is 4.62. The highest BCUT2D eigenvalue weighted by atomic mass is 32.1. The first-order valence-electron chi connectivity index (χ1n) is 8.25. The third kappa shape index (κ3) is 2.69. The van der Waals surface area contributed by atoms with Gasteiger partial charge in [-0.25, -0.2) is 14.6 Å². The lowest BCUT2D eigenvalue weighted by Gasteiger charge is -2.29. The van der Waals surface area contributed by atoms with Crippen LogP contribution in [-0.4, -0.2) is 59.7 Å². The molecule has 3 aliphatic heterocycles. The lowest BCUT2D eigenvalue weighted by atomic mass is 10.0. The predicted molar refractivity (Wildman–Crippen MR) is 82.9 cm³/mol. The van der Waals surface area contributed by atoms with Crippen LogP contribution in [-0.2, 0) is 13.9 Å². The summed E-state index contributed by atoms with van der Waals surface area (Å²) in [6, 6.07) is -0.814. The van der Waals surface area contributed by atoms with E-state index in [0.29, 0.717) is 24.8 Å². The Balaban J connectivity index is 1.31. The van der Waals surface area contributed by atoms with Gasteiger partial charge in [0.05, 0.1) is 12.1 Å². The van der Waals surface area contributed by atoms with Gasteiger partial charge in [-0.15, -0.1) is 0 Å². The van der Waals surface area contributed by atoms with Crippen LogP contribution in [0.4, 0.5) is 4.79 Å². The maximum atomic E-state index is 12.4.